The molecule has 0 aromatic carbocycles. The van der Waals surface area contributed by atoms with Crippen LogP contribution in [0.15, 0.2) is 24.4 Å². The monoisotopic (exact) mass is 341 g/mol. The minimum absolute atomic E-state index is 0.00169. The third kappa shape index (κ3) is 3.36. The molecule has 1 atom stereocenters. The molecule has 1 aliphatic heterocycles. The topological polar surface area (TPSA) is 53.5 Å². The lowest BCUT2D eigenvalue weighted by Crippen LogP contribution is -2.51. The summed E-state index contributed by atoms with van der Waals surface area (Å²) in [6.07, 6.45) is 2.50. The first-order valence-corrected chi connectivity index (χ1v) is 8.07. The van der Waals surface area contributed by atoms with Crippen LogP contribution in [0, 0.1) is 5.92 Å². The van der Waals surface area contributed by atoms with Gasteiger partial charge in [-0.15, -0.1) is 23.2 Å². The molecule has 1 aromatic rings. The first kappa shape index (κ1) is 15.6. The van der Waals surface area contributed by atoms with E-state index in [0.29, 0.717) is 39.0 Å². The molecular formula is C15H17Cl2N3O2. The molecule has 1 saturated heterocycles. The average molecular weight is 342 g/mol. The molecule has 3 rings (SSSR count). The molecule has 22 heavy (non-hydrogen) atoms. The maximum absolute atomic E-state index is 12.2. The van der Waals surface area contributed by atoms with Gasteiger partial charge in [-0.3, -0.25) is 14.6 Å². The van der Waals surface area contributed by atoms with Crippen molar-refractivity contribution < 1.29 is 9.59 Å². The fraction of sp³-hybridized carbons (Fsp3) is 0.533. The predicted molar refractivity (Wildman–Crippen MR) is 83.6 cm³/mol. The maximum Gasteiger partial charge on any atom is 0.228 e. The average Bonchev–Trinajstić information content (AvgIpc) is 3.16. The predicted octanol–water partition coefficient (Wildman–Crippen LogP) is 1.49. The number of carbonyl (C=O) groups excluding carboxylic acids is 2. The van der Waals surface area contributed by atoms with Gasteiger partial charge in [-0.25, -0.2) is 0 Å². The van der Waals surface area contributed by atoms with E-state index >= 15 is 0 Å². The quantitative estimate of drug-likeness (QED) is 0.782. The molecule has 1 aliphatic carbocycles. The maximum atomic E-state index is 12.2. The Bertz CT molecular complexity index is 571. The van der Waals surface area contributed by atoms with Crippen LogP contribution in [0.4, 0.5) is 0 Å². The van der Waals surface area contributed by atoms with E-state index in [2.05, 4.69) is 4.98 Å². The molecule has 2 heterocycles. The number of amides is 2. The minimum Gasteiger partial charge on any atom is -0.339 e. The Morgan fingerprint density at radius 1 is 1.18 bits per heavy atom. The van der Waals surface area contributed by atoms with Crippen LogP contribution >= 0.6 is 23.2 Å². The summed E-state index contributed by atoms with van der Waals surface area (Å²) in [4.78, 5) is 32.1. The lowest BCUT2D eigenvalue weighted by molar-refractivity contribution is -0.140. The van der Waals surface area contributed by atoms with E-state index in [1.807, 2.05) is 18.2 Å². The summed E-state index contributed by atoms with van der Waals surface area (Å²) in [6.45, 7) is 2.16. The SMILES string of the molecule is O=C(Cc1ccccn1)N1CCN(C(=O)[C@H]2CC2(Cl)Cl)CC1. The highest BCUT2D eigenvalue weighted by Crippen LogP contribution is 2.53. The first-order valence-electron chi connectivity index (χ1n) is 7.32. The summed E-state index contributed by atoms with van der Waals surface area (Å²) in [5, 5.41) is 0. The Labute approximate surface area is 139 Å². The van der Waals surface area contributed by atoms with Crippen LogP contribution in [-0.4, -0.2) is 57.1 Å². The Balaban J connectivity index is 1.49. The zero-order chi connectivity index (χ0) is 15.7. The molecule has 118 valence electrons. The number of halogens is 2. The van der Waals surface area contributed by atoms with Crippen LogP contribution < -0.4 is 0 Å². The van der Waals surface area contributed by atoms with E-state index in [1.54, 1.807) is 16.0 Å². The van der Waals surface area contributed by atoms with Gasteiger partial charge in [0.15, 0.2) is 0 Å². The van der Waals surface area contributed by atoms with Crippen molar-refractivity contribution in [3.63, 3.8) is 0 Å². The van der Waals surface area contributed by atoms with Crippen LogP contribution in [0.5, 0.6) is 0 Å². The van der Waals surface area contributed by atoms with Crippen molar-refractivity contribution in [3.8, 4) is 0 Å². The highest BCUT2D eigenvalue weighted by Gasteiger charge is 2.57. The molecule has 2 fully saturated rings. The molecule has 0 spiro atoms. The summed E-state index contributed by atoms with van der Waals surface area (Å²) in [7, 11) is 0. The van der Waals surface area contributed by atoms with Crippen LogP contribution in [0.25, 0.3) is 0 Å². The van der Waals surface area contributed by atoms with Gasteiger partial charge in [0, 0.05) is 38.1 Å². The fourth-order valence-corrected chi connectivity index (χ4v) is 3.14. The molecule has 0 N–H and O–H groups in total. The Kier molecular flexibility index (Phi) is 4.28. The number of pyridine rings is 1. The highest BCUT2D eigenvalue weighted by molar-refractivity contribution is 6.52. The highest BCUT2D eigenvalue weighted by atomic mass is 35.5. The molecular weight excluding hydrogens is 325 g/mol. The summed E-state index contributed by atoms with van der Waals surface area (Å²) in [5.41, 5.74) is 0.762. The molecule has 0 bridgehead atoms. The number of alkyl halides is 2. The molecule has 1 saturated carbocycles. The standard InChI is InChI=1S/C15H17Cl2N3O2/c16-15(17)10-12(15)14(22)20-7-5-19(6-8-20)13(21)9-11-3-1-2-4-18-11/h1-4,12H,5-10H2/t12-/m1/s1. The third-order valence-corrected chi connectivity index (χ3v) is 4.96. The van der Waals surface area contributed by atoms with E-state index in [-0.39, 0.29) is 17.7 Å². The Hall–Kier alpha value is -1.33. The zero-order valence-corrected chi connectivity index (χ0v) is 13.6. The molecule has 2 amide bonds. The van der Waals surface area contributed by atoms with Crippen molar-refractivity contribution in [2.24, 2.45) is 5.92 Å². The second-order valence-electron chi connectivity index (χ2n) is 5.72. The molecule has 5 nitrogen and oxygen atoms in total. The van der Waals surface area contributed by atoms with Gasteiger partial charge in [-0.2, -0.15) is 0 Å². The number of piperazine rings is 1. The second-order valence-corrected chi connectivity index (χ2v) is 7.26. The molecule has 1 aromatic heterocycles. The van der Waals surface area contributed by atoms with Gasteiger partial charge >= 0.3 is 0 Å². The fourth-order valence-electron chi connectivity index (χ4n) is 2.65. The van der Waals surface area contributed by atoms with E-state index in [1.165, 1.54) is 0 Å². The van der Waals surface area contributed by atoms with Crippen molar-refractivity contribution in [2.45, 2.75) is 17.2 Å². The molecule has 7 heteroatoms. The first-order chi connectivity index (χ1) is 10.5. The van der Waals surface area contributed by atoms with Crippen LogP contribution in [0.3, 0.4) is 0 Å². The number of hydrogen-bond acceptors (Lipinski definition) is 3. The smallest absolute Gasteiger partial charge is 0.228 e. The van der Waals surface area contributed by atoms with Gasteiger partial charge in [-0.05, 0) is 18.6 Å². The number of aromatic nitrogens is 1. The normalized spacial score (nSPS) is 23.3. The van der Waals surface area contributed by atoms with E-state index in [0.717, 1.165) is 5.69 Å². The van der Waals surface area contributed by atoms with Gasteiger partial charge in [0.1, 0.15) is 4.33 Å². The van der Waals surface area contributed by atoms with Crippen molar-refractivity contribution >= 4 is 35.0 Å². The van der Waals surface area contributed by atoms with Gasteiger partial charge < -0.3 is 9.80 Å². The lowest BCUT2D eigenvalue weighted by atomic mass is 10.2. The number of carbonyl (C=O) groups is 2. The Morgan fingerprint density at radius 3 is 2.36 bits per heavy atom. The van der Waals surface area contributed by atoms with Gasteiger partial charge in [0.05, 0.1) is 12.3 Å². The number of nitrogens with zero attached hydrogens (tertiary/aromatic N) is 3. The molecule has 0 unspecified atom stereocenters. The van der Waals surface area contributed by atoms with Crippen molar-refractivity contribution in [1.82, 2.24) is 14.8 Å². The summed E-state index contributed by atoms with van der Waals surface area (Å²) < 4.78 is -0.886. The zero-order valence-electron chi connectivity index (χ0n) is 12.0. The summed E-state index contributed by atoms with van der Waals surface area (Å²) in [5.74, 6) is -0.241. The lowest BCUT2D eigenvalue weighted by Gasteiger charge is -2.35. The molecule has 2 aliphatic rings. The van der Waals surface area contributed by atoms with E-state index in [4.69, 9.17) is 23.2 Å². The van der Waals surface area contributed by atoms with Gasteiger partial charge in [0.25, 0.3) is 0 Å². The second kappa shape index (κ2) is 6.05. The van der Waals surface area contributed by atoms with Crippen LogP contribution in [-0.2, 0) is 16.0 Å². The van der Waals surface area contributed by atoms with Crippen molar-refractivity contribution in [1.29, 1.82) is 0 Å². The minimum atomic E-state index is -0.886. The summed E-state index contributed by atoms with van der Waals surface area (Å²) >= 11 is 11.9. The van der Waals surface area contributed by atoms with Gasteiger partial charge in [0.2, 0.25) is 11.8 Å². The van der Waals surface area contributed by atoms with Crippen LogP contribution in [0.2, 0.25) is 0 Å². The van der Waals surface area contributed by atoms with E-state index in [9.17, 15) is 9.59 Å². The summed E-state index contributed by atoms with van der Waals surface area (Å²) in [6, 6.07) is 5.53. The Morgan fingerprint density at radius 2 is 1.82 bits per heavy atom. The van der Waals surface area contributed by atoms with Crippen molar-refractivity contribution in [3.05, 3.63) is 30.1 Å². The van der Waals surface area contributed by atoms with E-state index < -0.39 is 4.33 Å². The molecule has 0 radical (unpaired) electrons. The van der Waals surface area contributed by atoms with Gasteiger partial charge in [-0.1, -0.05) is 6.07 Å². The van der Waals surface area contributed by atoms with Crippen LogP contribution in [0.1, 0.15) is 12.1 Å². The number of hydrogen-bond donors (Lipinski definition) is 0. The third-order valence-electron chi connectivity index (χ3n) is 4.13. The van der Waals surface area contributed by atoms with Crippen molar-refractivity contribution in [2.75, 3.05) is 26.2 Å². The largest absolute Gasteiger partial charge is 0.339 e. The number of rotatable bonds is 3.